The highest BCUT2D eigenvalue weighted by molar-refractivity contribution is 6.01. The lowest BCUT2D eigenvalue weighted by atomic mass is 10.1. The molecule has 1 saturated carbocycles. The van der Waals surface area contributed by atoms with Crippen LogP contribution in [-0.4, -0.2) is 68.6 Å². The molecule has 0 bridgehead atoms. The van der Waals surface area contributed by atoms with Crippen LogP contribution in [0, 0.1) is 17.8 Å². The minimum atomic E-state index is -0.329. The zero-order valence-corrected chi connectivity index (χ0v) is 16.2. The van der Waals surface area contributed by atoms with Crippen molar-refractivity contribution in [1.82, 2.24) is 15.5 Å². The minimum absolute atomic E-state index is 0.181. The van der Waals surface area contributed by atoms with Gasteiger partial charge in [-0.05, 0) is 61.5 Å². The van der Waals surface area contributed by atoms with Crippen molar-refractivity contribution >= 4 is 23.2 Å². The molecular formula is C21H29N5O2. The molecule has 7 heteroatoms. The first-order chi connectivity index (χ1) is 13.7. The van der Waals surface area contributed by atoms with Crippen LogP contribution in [0.4, 0.5) is 11.4 Å². The lowest BCUT2D eigenvalue weighted by Gasteiger charge is -2.36. The van der Waals surface area contributed by atoms with E-state index in [1.807, 2.05) is 12.1 Å². The highest BCUT2D eigenvalue weighted by Gasteiger charge is 2.52. The van der Waals surface area contributed by atoms with Gasteiger partial charge in [0.15, 0.2) is 0 Å². The van der Waals surface area contributed by atoms with Gasteiger partial charge in [0.05, 0.1) is 0 Å². The van der Waals surface area contributed by atoms with E-state index in [0.717, 1.165) is 49.6 Å². The standard InChI is InChI=1S/C21H29N5O2/c27-20-6-5-19(21(28)24-20)23-14-1-3-15(4-2-14)26-9-7-25(8-10-26)13-18-16-11-22-12-17(16)18/h1-4,16-19,22-23H,5-13H2,(H,24,27,28). The zero-order chi connectivity index (χ0) is 19.1. The summed E-state index contributed by atoms with van der Waals surface area (Å²) in [6, 6.07) is 7.99. The number of rotatable bonds is 5. The van der Waals surface area contributed by atoms with Crippen molar-refractivity contribution in [2.75, 3.05) is 56.0 Å². The number of hydrogen-bond donors (Lipinski definition) is 3. The molecule has 1 aromatic carbocycles. The molecule has 3 aliphatic heterocycles. The number of imide groups is 1. The summed E-state index contributed by atoms with van der Waals surface area (Å²) in [7, 11) is 0. The average Bonchev–Trinajstić information content (AvgIpc) is 3.12. The fraction of sp³-hybridized carbons (Fsp3) is 0.619. The molecule has 4 aliphatic rings. The van der Waals surface area contributed by atoms with E-state index < -0.39 is 0 Å². The van der Waals surface area contributed by atoms with Gasteiger partial charge in [0, 0.05) is 50.5 Å². The van der Waals surface area contributed by atoms with E-state index in [-0.39, 0.29) is 17.9 Å². The average molecular weight is 383 g/mol. The molecule has 1 aliphatic carbocycles. The third-order valence-electron chi connectivity index (χ3n) is 6.92. The van der Waals surface area contributed by atoms with Gasteiger partial charge in [-0.2, -0.15) is 0 Å². The quantitative estimate of drug-likeness (QED) is 0.643. The molecule has 3 atom stereocenters. The topological polar surface area (TPSA) is 76.7 Å². The molecule has 3 N–H and O–H groups in total. The van der Waals surface area contributed by atoms with E-state index in [1.54, 1.807) is 0 Å². The Bertz CT molecular complexity index is 734. The van der Waals surface area contributed by atoms with E-state index in [0.29, 0.717) is 12.8 Å². The first-order valence-electron chi connectivity index (χ1n) is 10.6. The Morgan fingerprint density at radius 1 is 1.00 bits per heavy atom. The van der Waals surface area contributed by atoms with Crippen LogP contribution in [-0.2, 0) is 9.59 Å². The van der Waals surface area contributed by atoms with Crippen LogP contribution in [0.15, 0.2) is 24.3 Å². The van der Waals surface area contributed by atoms with Crippen molar-refractivity contribution < 1.29 is 9.59 Å². The third-order valence-corrected chi connectivity index (χ3v) is 6.92. The SMILES string of the molecule is O=C1CCC(Nc2ccc(N3CCN(CC4C5CNCC54)CC3)cc2)C(=O)N1. The summed E-state index contributed by atoms with van der Waals surface area (Å²) in [5.41, 5.74) is 2.16. The molecule has 2 amide bonds. The first-order valence-corrected chi connectivity index (χ1v) is 10.6. The van der Waals surface area contributed by atoms with E-state index >= 15 is 0 Å². The molecule has 0 radical (unpaired) electrons. The molecular weight excluding hydrogens is 354 g/mol. The van der Waals surface area contributed by atoms with Crippen molar-refractivity contribution in [3.05, 3.63) is 24.3 Å². The molecule has 3 unspecified atom stereocenters. The van der Waals surface area contributed by atoms with Gasteiger partial charge in [-0.1, -0.05) is 0 Å². The fourth-order valence-electron chi connectivity index (χ4n) is 5.11. The molecule has 150 valence electrons. The summed E-state index contributed by atoms with van der Waals surface area (Å²) in [5.74, 6) is 2.42. The van der Waals surface area contributed by atoms with E-state index in [9.17, 15) is 9.59 Å². The van der Waals surface area contributed by atoms with Crippen LogP contribution in [0.1, 0.15) is 12.8 Å². The molecule has 0 aromatic heterocycles. The Morgan fingerprint density at radius 2 is 1.71 bits per heavy atom. The molecule has 3 heterocycles. The molecule has 0 spiro atoms. The van der Waals surface area contributed by atoms with Crippen molar-refractivity contribution in [1.29, 1.82) is 0 Å². The molecule has 5 rings (SSSR count). The van der Waals surface area contributed by atoms with Gasteiger partial charge in [-0.15, -0.1) is 0 Å². The Balaban J connectivity index is 1.10. The number of piperidine rings is 2. The summed E-state index contributed by atoms with van der Waals surface area (Å²) < 4.78 is 0. The Labute approximate surface area is 165 Å². The lowest BCUT2D eigenvalue weighted by Crippen LogP contribution is -2.47. The Morgan fingerprint density at radius 3 is 2.39 bits per heavy atom. The molecule has 28 heavy (non-hydrogen) atoms. The number of carbonyl (C=O) groups is 2. The van der Waals surface area contributed by atoms with Gasteiger partial charge in [-0.3, -0.25) is 19.8 Å². The second kappa shape index (κ2) is 7.37. The maximum absolute atomic E-state index is 11.9. The second-order valence-corrected chi connectivity index (χ2v) is 8.63. The number of piperazine rings is 1. The van der Waals surface area contributed by atoms with Crippen molar-refractivity contribution in [2.45, 2.75) is 18.9 Å². The predicted octanol–water partition coefficient (Wildman–Crippen LogP) is 0.491. The number of hydrogen-bond acceptors (Lipinski definition) is 6. The van der Waals surface area contributed by atoms with E-state index in [4.69, 9.17) is 0 Å². The zero-order valence-electron chi connectivity index (χ0n) is 16.2. The summed E-state index contributed by atoms with van der Waals surface area (Å²) in [4.78, 5) is 28.2. The van der Waals surface area contributed by atoms with E-state index in [2.05, 4.69) is 37.9 Å². The molecule has 4 fully saturated rings. The summed E-state index contributed by atoms with van der Waals surface area (Å²) in [6.45, 7) is 8.16. The van der Waals surface area contributed by atoms with Crippen LogP contribution in [0.2, 0.25) is 0 Å². The highest BCUT2D eigenvalue weighted by Crippen LogP contribution is 2.48. The molecule has 7 nitrogen and oxygen atoms in total. The van der Waals surface area contributed by atoms with Gasteiger partial charge >= 0.3 is 0 Å². The Kier molecular flexibility index (Phi) is 4.72. The smallest absolute Gasteiger partial charge is 0.249 e. The number of nitrogens with one attached hydrogen (secondary N) is 3. The maximum atomic E-state index is 11.9. The van der Waals surface area contributed by atoms with Crippen LogP contribution >= 0.6 is 0 Å². The number of fused-ring (bicyclic) bond motifs is 1. The first kappa shape index (κ1) is 17.9. The summed E-state index contributed by atoms with van der Waals surface area (Å²) >= 11 is 0. The van der Waals surface area contributed by atoms with Crippen LogP contribution in [0.25, 0.3) is 0 Å². The number of carbonyl (C=O) groups excluding carboxylic acids is 2. The van der Waals surface area contributed by atoms with Gasteiger partial charge in [0.2, 0.25) is 11.8 Å². The monoisotopic (exact) mass is 383 g/mol. The number of anilines is 2. The van der Waals surface area contributed by atoms with Crippen LogP contribution in [0.5, 0.6) is 0 Å². The van der Waals surface area contributed by atoms with Crippen molar-refractivity contribution in [2.24, 2.45) is 17.8 Å². The maximum Gasteiger partial charge on any atom is 0.249 e. The largest absolute Gasteiger partial charge is 0.374 e. The van der Waals surface area contributed by atoms with Crippen LogP contribution < -0.4 is 20.9 Å². The van der Waals surface area contributed by atoms with Gasteiger partial charge in [0.25, 0.3) is 0 Å². The molecule has 1 aromatic rings. The van der Waals surface area contributed by atoms with Crippen LogP contribution in [0.3, 0.4) is 0 Å². The highest BCUT2D eigenvalue weighted by atomic mass is 16.2. The summed E-state index contributed by atoms with van der Waals surface area (Å²) in [6.07, 6.45) is 0.942. The normalized spacial score (nSPS) is 32.8. The van der Waals surface area contributed by atoms with Gasteiger partial charge in [0.1, 0.15) is 6.04 Å². The Hall–Kier alpha value is -2.12. The van der Waals surface area contributed by atoms with Crippen molar-refractivity contribution in [3.63, 3.8) is 0 Å². The predicted molar refractivity (Wildman–Crippen MR) is 108 cm³/mol. The lowest BCUT2D eigenvalue weighted by molar-refractivity contribution is -0.133. The number of nitrogens with zero attached hydrogens (tertiary/aromatic N) is 2. The minimum Gasteiger partial charge on any atom is -0.374 e. The summed E-state index contributed by atoms with van der Waals surface area (Å²) in [5, 5.41) is 9.11. The number of amides is 2. The fourth-order valence-corrected chi connectivity index (χ4v) is 5.11. The second-order valence-electron chi connectivity index (χ2n) is 8.63. The number of benzene rings is 1. The van der Waals surface area contributed by atoms with Gasteiger partial charge < -0.3 is 15.5 Å². The van der Waals surface area contributed by atoms with Gasteiger partial charge in [-0.25, -0.2) is 0 Å². The molecule has 3 saturated heterocycles. The third kappa shape index (κ3) is 3.61. The van der Waals surface area contributed by atoms with Crippen molar-refractivity contribution in [3.8, 4) is 0 Å². The van der Waals surface area contributed by atoms with E-state index in [1.165, 1.54) is 25.3 Å².